The maximum Gasteiger partial charge on any atom is 0.352 e. The molecule has 28 heavy (non-hydrogen) atoms. The molecule has 0 N–H and O–H groups in total. The zero-order valence-corrected chi connectivity index (χ0v) is 16.7. The molecular weight excluding hydrogens is 402 g/mol. The molecule has 0 saturated heterocycles. The zero-order chi connectivity index (χ0) is 19.5. The van der Waals surface area contributed by atoms with Crippen molar-refractivity contribution in [2.75, 3.05) is 14.2 Å². The van der Waals surface area contributed by atoms with E-state index >= 15 is 0 Å². The summed E-state index contributed by atoms with van der Waals surface area (Å²) in [7, 11) is 3.00. The number of halogens is 1. The summed E-state index contributed by atoms with van der Waals surface area (Å²) in [6.07, 6.45) is 5.49. The Morgan fingerprint density at radius 2 is 1.93 bits per heavy atom. The Hall–Kier alpha value is -2.78. The van der Waals surface area contributed by atoms with Gasteiger partial charge in [-0.3, -0.25) is 4.98 Å². The summed E-state index contributed by atoms with van der Waals surface area (Å²) in [6, 6.07) is 5.38. The van der Waals surface area contributed by atoms with Crippen LogP contribution in [-0.4, -0.2) is 39.9 Å². The van der Waals surface area contributed by atoms with Crippen LogP contribution in [0.25, 0.3) is 10.6 Å². The zero-order valence-electron chi connectivity index (χ0n) is 15.1. The molecule has 144 valence electrons. The first-order chi connectivity index (χ1) is 13.7. The fourth-order valence-corrected chi connectivity index (χ4v) is 3.81. The Balaban J connectivity index is 1.64. The van der Waals surface area contributed by atoms with Crippen molar-refractivity contribution < 1.29 is 14.3 Å². The fraction of sp³-hybridized carbons (Fsp3) is 0.278. The summed E-state index contributed by atoms with van der Waals surface area (Å²) in [5.41, 5.74) is 1.64. The van der Waals surface area contributed by atoms with E-state index in [2.05, 4.69) is 25.1 Å². The van der Waals surface area contributed by atoms with Gasteiger partial charge in [-0.2, -0.15) is 9.97 Å². The molecule has 0 aliphatic heterocycles. The smallest absolute Gasteiger partial charge is 0.352 e. The first-order valence-electron chi connectivity index (χ1n) is 8.47. The minimum atomic E-state index is 0.0301. The van der Waals surface area contributed by atoms with Crippen molar-refractivity contribution in [1.82, 2.24) is 19.9 Å². The molecule has 0 atom stereocenters. The minimum Gasteiger partial charge on any atom is -0.481 e. The third-order valence-corrected chi connectivity index (χ3v) is 5.51. The lowest BCUT2D eigenvalue weighted by atomic mass is 10.2. The number of nitrogens with zero attached hydrogens (tertiary/aromatic N) is 5. The van der Waals surface area contributed by atoms with E-state index in [1.54, 1.807) is 18.5 Å². The van der Waals surface area contributed by atoms with Crippen LogP contribution in [0.4, 0.5) is 0 Å². The number of pyridine rings is 1. The Kier molecular flexibility index (Phi) is 5.36. The van der Waals surface area contributed by atoms with Gasteiger partial charge in [-0.05, 0) is 25.0 Å². The van der Waals surface area contributed by atoms with E-state index in [0.29, 0.717) is 16.9 Å². The van der Waals surface area contributed by atoms with Gasteiger partial charge < -0.3 is 14.3 Å². The summed E-state index contributed by atoms with van der Waals surface area (Å²) < 4.78 is 10.3. The number of thiazole rings is 1. The van der Waals surface area contributed by atoms with Crippen molar-refractivity contribution in [2.24, 2.45) is 11.1 Å². The van der Waals surface area contributed by atoms with E-state index in [0.717, 1.165) is 34.0 Å². The molecular formula is C18H16ClN5O3S. The highest BCUT2D eigenvalue weighted by Crippen LogP contribution is 2.39. The van der Waals surface area contributed by atoms with Gasteiger partial charge in [0.2, 0.25) is 11.8 Å². The summed E-state index contributed by atoms with van der Waals surface area (Å²) in [6.45, 7) is 0. The molecule has 0 bridgehead atoms. The van der Waals surface area contributed by atoms with Crippen LogP contribution in [0.5, 0.6) is 17.8 Å². The van der Waals surface area contributed by atoms with Crippen LogP contribution in [0.15, 0.2) is 35.7 Å². The number of oxime groups is 1. The van der Waals surface area contributed by atoms with Crippen LogP contribution < -0.4 is 14.3 Å². The highest BCUT2D eigenvalue weighted by Gasteiger charge is 2.33. The van der Waals surface area contributed by atoms with E-state index in [1.165, 1.54) is 25.6 Å². The second kappa shape index (κ2) is 8.07. The molecule has 0 aromatic carbocycles. The van der Waals surface area contributed by atoms with Gasteiger partial charge in [-0.1, -0.05) is 16.8 Å². The first-order valence-corrected chi connectivity index (χ1v) is 9.66. The largest absolute Gasteiger partial charge is 0.481 e. The summed E-state index contributed by atoms with van der Waals surface area (Å²) in [4.78, 5) is 23.1. The molecule has 0 amide bonds. The first kappa shape index (κ1) is 18.6. The van der Waals surface area contributed by atoms with Crippen molar-refractivity contribution in [2.45, 2.75) is 12.8 Å². The third-order valence-electron chi connectivity index (χ3n) is 3.99. The molecule has 3 heterocycles. The highest BCUT2D eigenvalue weighted by atomic mass is 35.5. The topological polar surface area (TPSA) is 91.6 Å². The SMILES string of the molecule is COc1cc(OC)nc(ON=C(c2sc(-c3cccnc3)nc2Cl)C2CC2)n1. The van der Waals surface area contributed by atoms with Gasteiger partial charge in [-0.25, -0.2) is 4.98 Å². The van der Waals surface area contributed by atoms with Crippen LogP contribution in [0, 0.1) is 5.92 Å². The molecule has 0 unspecified atom stereocenters. The predicted molar refractivity (Wildman–Crippen MR) is 105 cm³/mol. The number of methoxy groups -OCH3 is 2. The van der Waals surface area contributed by atoms with Crippen LogP contribution in [-0.2, 0) is 0 Å². The van der Waals surface area contributed by atoms with Gasteiger partial charge in [0, 0.05) is 23.9 Å². The number of ether oxygens (including phenoxy) is 2. The molecule has 1 aliphatic carbocycles. The third kappa shape index (κ3) is 4.05. The van der Waals surface area contributed by atoms with Crippen LogP contribution >= 0.6 is 22.9 Å². The molecule has 0 radical (unpaired) electrons. The average molecular weight is 418 g/mol. The van der Waals surface area contributed by atoms with Gasteiger partial charge in [0.25, 0.3) is 0 Å². The van der Waals surface area contributed by atoms with Crippen molar-refractivity contribution in [1.29, 1.82) is 0 Å². The minimum absolute atomic E-state index is 0.0301. The van der Waals surface area contributed by atoms with Crippen molar-refractivity contribution >= 4 is 28.6 Å². The Labute approximate surface area is 170 Å². The van der Waals surface area contributed by atoms with Crippen molar-refractivity contribution in [3.8, 4) is 28.3 Å². The monoisotopic (exact) mass is 417 g/mol. The Morgan fingerprint density at radius 3 is 2.54 bits per heavy atom. The molecule has 8 nitrogen and oxygen atoms in total. The molecule has 3 aromatic rings. The Morgan fingerprint density at radius 1 is 1.18 bits per heavy atom. The quantitative estimate of drug-likeness (QED) is 0.425. The van der Waals surface area contributed by atoms with Gasteiger partial charge >= 0.3 is 6.01 Å². The number of hydrogen-bond acceptors (Lipinski definition) is 9. The highest BCUT2D eigenvalue weighted by molar-refractivity contribution is 7.17. The maximum atomic E-state index is 6.41. The molecule has 3 aromatic heterocycles. The van der Waals surface area contributed by atoms with Crippen LogP contribution in [0.2, 0.25) is 5.15 Å². The van der Waals surface area contributed by atoms with Gasteiger partial charge in [0.1, 0.15) is 15.9 Å². The molecule has 1 fully saturated rings. The van der Waals surface area contributed by atoms with E-state index in [9.17, 15) is 0 Å². The van der Waals surface area contributed by atoms with Gasteiger partial charge in [0.15, 0.2) is 0 Å². The number of hydrogen-bond donors (Lipinski definition) is 0. The van der Waals surface area contributed by atoms with E-state index in [4.69, 9.17) is 25.9 Å². The fourth-order valence-electron chi connectivity index (χ4n) is 2.45. The second-order valence-electron chi connectivity index (χ2n) is 5.96. The van der Waals surface area contributed by atoms with Gasteiger partial charge in [-0.15, -0.1) is 11.3 Å². The normalized spacial score (nSPS) is 14.0. The van der Waals surface area contributed by atoms with E-state index < -0.39 is 0 Å². The van der Waals surface area contributed by atoms with Gasteiger partial charge in [0.05, 0.1) is 25.2 Å². The maximum absolute atomic E-state index is 6.41. The lowest BCUT2D eigenvalue weighted by molar-refractivity contribution is 0.290. The molecule has 10 heteroatoms. The summed E-state index contributed by atoms with van der Waals surface area (Å²) in [5.74, 6) is 0.909. The standard InChI is InChI=1S/C18H16ClN5O3S/c1-25-12-8-13(26-2)22-18(21-12)27-24-14(10-5-6-10)15-16(19)23-17(28-15)11-4-3-7-20-9-11/h3-4,7-10H,5-6H2,1-2H3. The lowest BCUT2D eigenvalue weighted by Crippen LogP contribution is -2.06. The molecule has 1 saturated carbocycles. The van der Waals surface area contributed by atoms with Crippen molar-refractivity contribution in [3.05, 3.63) is 40.6 Å². The number of rotatable bonds is 7. The molecule has 0 spiro atoms. The average Bonchev–Trinajstić information content (AvgIpc) is 3.50. The lowest BCUT2D eigenvalue weighted by Gasteiger charge is -2.05. The van der Waals surface area contributed by atoms with Crippen LogP contribution in [0.3, 0.4) is 0 Å². The number of aromatic nitrogens is 4. The summed E-state index contributed by atoms with van der Waals surface area (Å²) >= 11 is 7.87. The van der Waals surface area contributed by atoms with E-state index in [1.807, 2.05) is 12.1 Å². The van der Waals surface area contributed by atoms with E-state index in [-0.39, 0.29) is 11.9 Å². The molecule has 4 rings (SSSR count). The van der Waals surface area contributed by atoms with Crippen LogP contribution in [0.1, 0.15) is 17.7 Å². The second-order valence-corrected chi connectivity index (χ2v) is 7.32. The van der Waals surface area contributed by atoms with Crippen molar-refractivity contribution in [3.63, 3.8) is 0 Å². The molecule has 1 aliphatic rings. The predicted octanol–water partition coefficient (Wildman–Crippen LogP) is 3.86. The Bertz CT molecular complexity index is 985. The summed E-state index contributed by atoms with van der Waals surface area (Å²) in [5, 5.41) is 5.47.